The molecule has 9 nitrogen and oxygen atoms in total. The Hall–Kier alpha value is -3.82. The van der Waals surface area contributed by atoms with E-state index in [1.165, 1.54) is 11.1 Å². The van der Waals surface area contributed by atoms with Crippen molar-refractivity contribution < 1.29 is 14.2 Å². The number of aryl methyl sites for hydroxylation is 1. The van der Waals surface area contributed by atoms with Crippen molar-refractivity contribution in [2.24, 2.45) is 11.8 Å². The van der Waals surface area contributed by atoms with Crippen molar-refractivity contribution >= 4 is 22.7 Å². The molecule has 2 aromatic heterocycles. The third kappa shape index (κ3) is 9.58. The zero-order valence-corrected chi connectivity index (χ0v) is 28.5. The first-order valence-electron chi connectivity index (χ1n) is 16.1. The smallest absolute Gasteiger partial charge is 0.208 e. The summed E-state index contributed by atoms with van der Waals surface area (Å²) in [5, 5.41) is 3.57. The van der Waals surface area contributed by atoms with Crippen molar-refractivity contribution in [3.8, 4) is 17.2 Å². The van der Waals surface area contributed by atoms with Gasteiger partial charge in [-0.05, 0) is 73.7 Å². The van der Waals surface area contributed by atoms with Crippen LogP contribution in [-0.4, -0.2) is 78.9 Å². The Kier molecular flexibility index (Phi) is 12.5. The van der Waals surface area contributed by atoms with Gasteiger partial charge in [0.2, 0.25) is 11.7 Å². The van der Waals surface area contributed by atoms with Crippen LogP contribution in [-0.2, 0) is 19.5 Å². The van der Waals surface area contributed by atoms with Gasteiger partial charge < -0.3 is 29.0 Å². The SMILES string of the molecule is COc1cc(Nc2nc3cc(CN(CC(C)C)CC(C)C)ccc3n2CCCN(C)CCc2ccncc2)cc(OC)c1OC. The lowest BCUT2D eigenvalue weighted by Crippen LogP contribution is -2.30. The summed E-state index contributed by atoms with van der Waals surface area (Å²) in [5.74, 6) is 3.77. The van der Waals surface area contributed by atoms with Crippen molar-refractivity contribution in [2.75, 3.05) is 59.9 Å². The molecule has 0 amide bonds. The largest absolute Gasteiger partial charge is 0.493 e. The number of nitrogens with one attached hydrogen (secondary N) is 1. The molecule has 0 spiro atoms. The summed E-state index contributed by atoms with van der Waals surface area (Å²) in [5.41, 5.74) is 5.51. The highest BCUT2D eigenvalue weighted by atomic mass is 16.5. The van der Waals surface area contributed by atoms with Gasteiger partial charge in [0.25, 0.3) is 0 Å². The number of nitrogens with zero attached hydrogens (tertiary/aromatic N) is 5. The van der Waals surface area contributed by atoms with E-state index in [-0.39, 0.29) is 0 Å². The van der Waals surface area contributed by atoms with E-state index in [4.69, 9.17) is 19.2 Å². The third-order valence-corrected chi connectivity index (χ3v) is 7.84. The molecule has 0 fully saturated rings. The van der Waals surface area contributed by atoms with Crippen LogP contribution in [0.25, 0.3) is 11.0 Å². The molecule has 0 radical (unpaired) electrons. The summed E-state index contributed by atoms with van der Waals surface area (Å²) >= 11 is 0. The third-order valence-electron chi connectivity index (χ3n) is 7.84. The number of methoxy groups -OCH3 is 3. The number of rotatable bonds is 18. The maximum absolute atomic E-state index is 5.61. The number of hydrogen-bond acceptors (Lipinski definition) is 8. The van der Waals surface area contributed by atoms with Gasteiger partial charge in [-0.3, -0.25) is 9.88 Å². The number of ether oxygens (including phenoxy) is 3. The molecule has 0 aliphatic carbocycles. The fraction of sp³-hybridized carbons (Fsp3) is 0.500. The Morgan fingerprint density at radius 3 is 2.09 bits per heavy atom. The first-order chi connectivity index (χ1) is 21.7. The van der Waals surface area contributed by atoms with E-state index in [9.17, 15) is 0 Å². The minimum absolute atomic E-state index is 0.561. The summed E-state index contributed by atoms with van der Waals surface area (Å²) < 4.78 is 19.1. The van der Waals surface area contributed by atoms with E-state index in [0.717, 1.165) is 74.8 Å². The molecule has 0 bridgehead atoms. The molecule has 45 heavy (non-hydrogen) atoms. The van der Waals surface area contributed by atoms with Gasteiger partial charge in [0.1, 0.15) is 0 Å². The highest BCUT2D eigenvalue weighted by Crippen LogP contribution is 2.40. The highest BCUT2D eigenvalue weighted by Gasteiger charge is 2.18. The van der Waals surface area contributed by atoms with Crippen LogP contribution in [0.5, 0.6) is 17.2 Å². The molecule has 9 heteroatoms. The lowest BCUT2D eigenvalue weighted by molar-refractivity contribution is 0.211. The molecular formula is C36H52N6O3. The standard InChI is InChI=1S/C36H52N6O3/c1-26(2)23-41(24-27(3)4)25-29-10-11-32-31(20-29)39-36(38-30-21-33(43-6)35(45-8)34(22-30)44-7)42(32)18-9-17-40(5)19-14-28-12-15-37-16-13-28/h10-13,15-16,20-22,26-27H,9,14,17-19,23-25H2,1-8H3,(H,38,39). The van der Waals surface area contributed by atoms with Crippen LogP contribution < -0.4 is 19.5 Å². The minimum atomic E-state index is 0.561. The molecule has 0 aliphatic rings. The molecule has 4 rings (SSSR count). The van der Waals surface area contributed by atoms with Crippen LogP contribution in [0.4, 0.5) is 11.6 Å². The molecule has 1 N–H and O–H groups in total. The Labute approximate surface area is 269 Å². The zero-order chi connectivity index (χ0) is 32.3. The fourth-order valence-electron chi connectivity index (χ4n) is 5.85. The topological polar surface area (TPSA) is 76.9 Å². The number of anilines is 2. The average molecular weight is 617 g/mol. The summed E-state index contributed by atoms with van der Waals surface area (Å²) in [6.45, 7) is 15.0. The van der Waals surface area contributed by atoms with Crippen LogP contribution in [0, 0.1) is 11.8 Å². The molecule has 2 aromatic carbocycles. The summed E-state index contributed by atoms with van der Waals surface area (Å²) in [6.07, 6.45) is 5.72. The van der Waals surface area contributed by atoms with Gasteiger partial charge in [-0.15, -0.1) is 0 Å². The highest BCUT2D eigenvalue weighted by molar-refractivity contribution is 5.81. The van der Waals surface area contributed by atoms with Gasteiger partial charge in [-0.2, -0.15) is 0 Å². The second kappa shape index (κ2) is 16.5. The van der Waals surface area contributed by atoms with E-state index < -0.39 is 0 Å². The summed E-state index contributed by atoms with van der Waals surface area (Å²) in [4.78, 5) is 14.2. The van der Waals surface area contributed by atoms with Crippen molar-refractivity contribution in [2.45, 2.75) is 53.6 Å². The van der Waals surface area contributed by atoms with E-state index >= 15 is 0 Å². The van der Waals surface area contributed by atoms with Crippen LogP contribution in [0.15, 0.2) is 54.9 Å². The molecule has 2 heterocycles. The van der Waals surface area contributed by atoms with Gasteiger partial charge in [-0.25, -0.2) is 4.98 Å². The lowest BCUT2D eigenvalue weighted by atomic mass is 10.1. The van der Waals surface area contributed by atoms with Crippen molar-refractivity contribution in [1.29, 1.82) is 0 Å². The minimum Gasteiger partial charge on any atom is -0.493 e. The Balaban J connectivity index is 1.59. The van der Waals surface area contributed by atoms with Gasteiger partial charge in [0.05, 0.1) is 32.4 Å². The quantitative estimate of drug-likeness (QED) is 0.130. The van der Waals surface area contributed by atoms with E-state index in [0.29, 0.717) is 29.1 Å². The normalized spacial score (nSPS) is 11.7. The van der Waals surface area contributed by atoms with Gasteiger partial charge in [-0.1, -0.05) is 33.8 Å². The maximum atomic E-state index is 5.61. The number of imidazole rings is 1. The monoisotopic (exact) mass is 616 g/mol. The lowest BCUT2D eigenvalue weighted by Gasteiger charge is -2.26. The van der Waals surface area contributed by atoms with Crippen LogP contribution in [0.1, 0.15) is 45.2 Å². The molecular weight excluding hydrogens is 564 g/mol. The van der Waals surface area contributed by atoms with Crippen molar-refractivity contribution in [1.82, 2.24) is 24.3 Å². The predicted octanol–water partition coefficient (Wildman–Crippen LogP) is 6.88. The van der Waals surface area contributed by atoms with Crippen molar-refractivity contribution in [3.63, 3.8) is 0 Å². The van der Waals surface area contributed by atoms with E-state index in [1.54, 1.807) is 21.3 Å². The summed E-state index contributed by atoms with van der Waals surface area (Å²) in [6, 6.07) is 14.8. The predicted molar refractivity (Wildman–Crippen MR) is 184 cm³/mol. The first-order valence-corrected chi connectivity index (χ1v) is 16.1. The first kappa shape index (κ1) is 34.1. The fourth-order valence-corrected chi connectivity index (χ4v) is 5.85. The Morgan fingerprint density at radius 2 is 1.49 bits per heavy atom. The number of likely N-dealkylation sites (N-methyl/N-ethyl adjacent to an activating group) is 1. The number of hydrogen-bond donors (Lipinski definition) is 1. The molecule has 4 aromatic rings. The average Bonchev–Trinajstić information content (AvgIpc) is 3.35. The number of aromatic nitrogens is 3. The Morgan fingerprint density at radius 1 is 0.822 bits per heavy atom. The molecule has 0 saturated heterocycles. The molecule has 244 valence electrons. The maximum Gasteiger partial charge on any atom is 0.208 e. The van der Waals surface area contributed by atoms with Crippen LogP contribution >= 0.6 is 0 Å². The number of fused-ring (bicyclic) bond motifs is 1. The van der Waals surface area contributed by atoms with Crippen LogP contribution in [0.3, 0.4) is 0 Å². The molecule has 0 atom stereocenters. The van der Waals surface area contributed by atoms with Crippen LogP contribution in [0.2, 0.25) is 0 Å². The van der Waals surface area contributed by atoms with Crippen molar-refractivity contribution in [3.05, 3.63) is 66.0 Å². The molecule has 0 saturated carbocycles. The molecule has 0 aliphatic heterocycles. The van der Waals surface area contributed by atoms with E-state index in [1.807, 2.05) is 24.5 Å². The number of pyridine rings is 1. The van der Waals surface area contributed by atoms with Gasteiger partial charge in [0.15, 0.2) is 11.5 Å². The van der Waals surface area contributed by atoms with Gasteiger partial charge >= 0.3 is 0 Å². The van der Waals surface area contributed by atoms with E-state index in [2.05, 4.69) is 89.7 Å². The molecule has 0 unspecified atom stereocenters. The summed E-state index contributed by atoms with van der Waals surface area (Å²) in [7, 11) is 7.06. The second-order valence-corrected chi connectivity index (χ2v) is 12.7. The Bertz CT molecular complexity index is 1450. The van der Waals surface area contributed by atoms with Gasteiger partial charge in [0, 0.05) is 62.9 Å². The zero-order valence-electron chi connectivity index (χ0n) is 28.5. The second-order valence-electron chi connectivity index (χ2n) is 12.7. The number of benzene rings is 2.